The Morgan fingerprint density at radius 2 is 2.18 bits per heavy atom. The van der Waals surface area contributed by atoms with Crippen molar-refractivity contribution in [1.82, 2.24) is 25.4 Å². The quantitative estimate of drug-likeness (QED) is 0.640. The van der Waals surface area contributed by atoms with Crippen LogP contribution in [0.3, 0.4) is 0 Å². The summed E-state index contributed by atoms with van der Waals surface area (Å²) in [4.78, 5) is 30.2. The van der Waals surface area contributed by atoms with E-state index < -0.39 is 0 Å². The summed E-state index contributed by atoms with van der Waals surface area (Å²) in [5, 5.41) is 9.61. The number of oxazole rings is 1. The maximum absolute atomic E-state index is 12.7. The van der Waals surface area contributed by atoms with E-state index in [-0.39, 0.29) is 24.3 Å². The first-order valence-corrected chi connectivity index (χ1v) is 8.87. The predicted molar refractivity (Wildman–Crippen MR) is 101 cm³/mol. The van der Waals surface area contributed by atoms with Crippen LogP contribution in [0.5, 0.6) is 0 Å². The Kier molecular flexibility index (Phi) is 4.76. The highest BCUT2D eigenvalue weighted by atomic mass is 16.3. The van der Waals surface area contributed by atoms with Crippen LogP contribution in [-0.4, -0.2) is 45.0 Å². The number of hydrogen-bond acceptors (Lipinski definition) is 5. The molecule has 0 saturated carbocycles. The second-order valence-electron chi connectivity index (χ2n) is 6.52. The van der Waals surface area contributed by atoms with Crippen molar-refractivity contribution in [1.29, 1.82) is 0 Å². The fourth-order valence-corrected chi connectivity index (χ4v) is 3.29. The molecule has 1 fully saturated rings. The predicted octanol–water partition coefficient (Wildman–Crippen LogP) is 2.11. The highest BCUT2D eigenvalue weighted by molar-refractivity contribution is 6.00. The standard InChI is InChI=1S/C20H19N5O3/c1-2-18(26)25-10-14(11-25)19-17(22-12-28-19)9-21-20(27)16-6-4-3-5-15(16)13-7-23-24-8-13/h2-8,12,14H,1,9-11H2,(H,21,27)(H,23,24). The van der Waals surface area contributed by atoms with E-state index in [9.17, 15) is 9.59 Å². The van der Waals surface area contributed by atoms with Gasteiger partial charge in [-0.3, -0.25) is 14.7 Å². The van der Waals surface area contributed by atoms with Crippen LogP contribution < -0.4 is 5.32 Å². The number of hydrogen-bond donors (Lipinski definition) is 2. The third-order valence-corrected chi connectivity index (χ3v) is 4.81. The van der Waals surface area contributed by atoms with E-state index >= 15 is 0 Å². The molecule has 3 aromatic rings. The normalized spacial score (nSPS) is 13.8. The fraction of sp³-hybridized carbons (Fsp3) is 0.200. The monoisotopic (exact) mass is 377 g/mol. The molecule has 3 heterocycles. The highest BCUT2D eigenvalue weighted by Gasteiger charge is 2.34. The third kappa shape index (κ3) is 3.32. The lowest BCUT2D eigenvalue weighted by molar-refractivity contribution is -0.130. The first-order valence-electron chi connectivity index (χ1n) is 8.87. The molecule has 2 aromatic heterocycles. The maximum atomic E-state index is 12.7. The Labute approximate surface area is 161 Å². The molecule has 0 atom stereocenters. The lowest BCUT2D eigenvalue weighted by atomic mass is 9.95. The van der Waals surface area contributed by atoms with Gasteiger partial charge in [0.05, 0.1) is 18.7 Å². The SMILES string of the molecule is C=CC(=O)N1CC(c2ocnc2CNC(=O)c2ccccc2-c2cn[nH]c2)C1. The molecule has 1 aromatic carbocycles. The molecule has 0 spiro atoms. The topological polar surface area (TPSA) is 104 Å². The van der Waals surface area contributed by atoms with Crippen molar-refractivity contribution in [2.45, 2.75) is 12.5 Å². The minimum Gasteiger partial charge on any atom is -0.448 e. The number of likely N-dealkylation sites (tertiary alicyclic amines) is 1. The van der Waals surface area contributed by atoms with E-state index in [0.29, 0.717) is 30.1 Å². The van der Waals surface area contributed by atoms with Gasteiger partial charge in [-0.25, -0.2) is 4.98 Å². The van der Waals surface area contributed by atoms with Gasteiger partial charge in [0.2, 0.25) is 5.91 Å². The van der Waals surface area contributed by atoms with Gasteiger partial charge in [0, 0.05) is 30.4 Å². The summed E-state index contributed by atoms with van der Waals surface area (Å²) in [6.07, 6.45) is 6.09. The zero-order chi connectivity index (χ0) is 19.5. The van der Waals surface area contributed by atoms with Crippen LogP contribution in [0, 0.1) is 0 Å². The Hall–Kier alpha value is -3.68. The van der Waals surface area contributed by atoms with Gasteiger partial charge >= 0.3 is 0 Å². The second kappa shape index (κ2) is 7.51. The van der Waals surface area contributed by atoms with Gasteiger partial charge in [-0.05, 0) is 17.7 Å². The van der Waals surface area contributed by atoms with Gasteiger partial charge in [0.25, 0.3) is 5.91 Å². The van der Waals surface area contributed by atoms with Crippen molar-refractivity contribution in [3.8, 4) is 11.1 Å². The molecule has 142 valence electrons. The molecule has 1 saturated heterocycles. The van der Waals surface area contributed by atoms with Crippen LogP contribution in [0.2, 0.25) is 0 Å². The molecule has 0 aliphatic carbocycles. The first kappa shape index (κ1) is 17.7. The summed E-state index contributed by atoms with van der Waals surface area (Å²) >= 11 is 0. The molecule has 2 N–H and O–H groups in total. The van der Waals surface area contributed by atoms with E-state index in [1.165, 1.54) is 12.5 Å². The highest BCUT2D eigenvalue weighted by Crippen LogP contribution is 2.29. The second-order valence-corrected chi connectivity index (χ2v) is 6.52. The Balaban J connectivity index is 1.43. The number of benzene rings is 1. The van der Waals surface area contributed by atoms with Gasteiger partial charge < -0.3 is 14.6 Å². The van der Waals surface area contributed by atoms with E-state index in [1.807, 2.05) is 18.2 Å². The van der Waals surface area contributed by atoms with Crippen molar-refractivity contribution < 1.29 is 14.0 Å². The van der Waals surface area contributed by atoms with Crippen molar-refractivity contribution in [3.05, 3.63) is 72.7 Å². The molecule has 8 nitrogen and oxygen atoms in total. The summed E-state index contributed by atoms with van der Waals surface area (Å²) in [6.45, 7) is 4.86. The van der Waals surface area contributed by atoms with Crippen molar-refractivity contribution >= 4 is 11.8 Å². The molecule has 8 heteroatoms. The van der Waals surface area contributed by atoms with Crippen molar-refractivity contribution in [2.75, 3.05) is 13.1 Å². The minimum atomic E-state index is -0.206. The zero-order valence-corrected chi connectivity index (χ0v) is 15.1. The number of H-pyrrole nitrogens is 1. The van der Waals surface area contributed by atoms with Gasteiger partial charge in [-0.2, -0.15) is 5.10 Å². The molecule has 1 aliphatic heterocycles. The van der Waals surface area contributed by atoms with Crippen LogP contribution >= 0.6 is 0 Å². The van der Waals surface area contributed by atoms with Crippen molar-refractivity contribution in [2.24, 2.45) is 0 Å². The molecule has 1 aliphatic rings. The van der Waals surface area contributed by atoms with Gasteiger partial charge in [-0.1, -0.05) is 24.8 Å². The van der Waals surface area contributed by atoms with E-state index in [4.69, 9.17) is 4.42 Å². The van der Waals surface area contributed by atoms with Crippen LogP contribution in [-0.2, 0) is 11.3 Å². The zero-order valence-electron chi connectivity index (χ0n) is 15.1. The van der Waals surface area contributed by atoms with E-state index in [2.05, 4.69) is 27.1 Å². The number of aromatic nitrogens is 3. The average molecular weight is 377 g/mol. The number of rotatable bonds is 6. The van der Waals surface area contributed by atoms with Gasteiger partial charge in [0.15, 0.2) is 6.39 Å². The smallest absolute Gasteiger partial charge is 0.252 e. The Morgan fingerprint density at radius 3 is 2.93 bits per heavy atom. The number of carbonyl (C=O) groups excluding carboxylic acids is 2. The lowest BCUT2D eigenvalue weighted by Gasteiger charge is -2.37. The van der Waals surface area contributed by atoms with Gasteiger partial charge in [-0.15, -0.1) is 0 Å². The fourth-order valence-electron chi connectivity index (χ4n) is 3.29. The minimum absolute atomic E-state index is 0.0801. The summed E-state index contributed by atoms with van der Waals surface area (Å²) in [6, 6.07) is 7.34. The summed E-state index contributed by atoms with van der Waals surface area (Å²) in [5.74, 6) is 0.484. The molecular weight excluding hydrogens is 358 g/mol. The average Bonchev–Trinajstić information content (AvgIpc) is 3.37. The lowest BCUT2D eigenvalue weighted by Crippen LogP contribution is -2.48. The largest absolute Gasteiger partial charge is 0.448 e. The van der Waals surface area contributed by atoms with Crippen LogP contribution in [0.4, 0.5) is 0 Å². The first-order chi connectivity index (χ1) is 13.7. The van der Waals surface area contributed by atoms with E-state index in [0.717, 1.165) is 11.1 Å². The number of nitrogens with zero attached hydrogens (tertiary/aromatic N) is 3. The maximum Gasteiger partial charge on any atom is 0.252 e. The third-order valence-electron chi connectivity index (χ3n) is 4.81. The number of carbonyl (C=O) groups is 2. The van der Waals surface area contributed by atoms with Gasteiger partial charge in [0.1, 0.15) is 11.5 Å². The molecule has 4 rings (SSSR count). The summed E-state index contributed by atoms with van der Waals surface area (Å²) in [7, 11) is 0. The Bertz CT molecular complexity index is 1000. The molecular formula is C20H19N5O3. The number of nitrogens with one attached hydrogen (secondary N) is 2. The molecule has 2 amide bonds. The van der Waals surface area contributed by atoms with Crippen LogP contribution in [0.1, 0.15) is 27.7 Å². The molecule has 28 heavy (non-hydrogen) atoms. The molecule has 0 radical (unpaired) electrons. The summed E-state index contributed by atoms with van der Waals surface area (Å²) < 4.78 is 5.51. The van der Waals surface area contributed by atoms with E-state index in [1.54, 1.807) is 23.4 Å². The van der Waals surface area contributed by atoms with Crippen molar-refractivity contribution in [3.63, 3.8) is 0 Å². The molecule has 0 unspecified atom stereocenters. The number of amides is 2. The Morgan fingerprint density at radius 1 is 1.36 bits per heavy atom. The summed E-state index contributed by atoms with van der Waals surface area (Å²) in [5.41, 5.74) is 2.87. The van der Waals surface area contributed by atoms with Crippen LogP contribution in [0.25, 0.3) is 11.1 Å². The molecule has 0 bridgehead atoms. The van der Waals surface area contributed by atoms with Crippen LogP contribution in [0.15, 0.2) is 60.1 Å². The number of aromatic amines is 1.